The van der Waals surface area contributed by atoms with Crippen LogP contribution in [0.1, 0.15) is 0 Å². The van der Waals surface area contributed by atoms with Gasteiger partial charge in [-0.25, -0.2) is 4.79 Å². The molecule has 0 atom stereocenters. The monoisotopic (exact) mass is 311 g/mol. The van der Waals surface area contributed by atoms with Crippen molar-refractivity contribution in [3.63, 3.8) is 0 Å². The number of aromatic nitrogens is 2. The molecule has 3 aromatic rings. The summed E-state index contributed by atoms with van der Waals surface area (Å²) >= 11 is 1.56. The van der Waals surface area contributed by atoms with Gasteiger partial charge in [-0.3, -0.25) is 9.97 Å². The van der Waals surface area contributed by atoms with Crippen LogP contribution in [0.3, 0.4) is 0 Å². The van der Waals surface area contributed by atoms with E-state index in [1.165, 1.54) is 7.05 Å². The molecular weight excluding hydrogens is 298 g/mol. The zero-order valence-electron chi connectivity index (χ0n) is 11.8. The maximum Gasteiger partial charge on any atom is 0.412 e. The molecule has 3 aromatic heterocycles. The summed E-state index contributed by atoms with van der Waals surface area (Å²) in [4.78, 5) is 21.5. The number of hydrogen-bond donors (Lipinski definition) is 1. The molecule has 0 spiro atoms. The quantitative estimate of drug-likeness (QED) is 0.803. The second-order valence-corrected chi connectivity index (χ2v) is 5.47. The van der Waals surface area contributed by atoms with Gasteiger partial charge in [-0.1, -0.05) is 0 Å². The second kappa shape index (κ2) is 6.36. The number of ether oxygens (including phenoxy) is 1. The fourth-order valence-corrected chi connectivity index (χ4v) is 3.06. The van der Waals surface area contributed by atoms with Crippen molar-refractivity contribution in [2.45, 2.75) is 0 Å². The zero-order chi connectivity index (χ0) is 15.4. The lowest BCUT2D eigenvalue weighted by Gasteiger charge is -2.04. The highest BCUT2D eigenvalue weighted by Crippen LogP contribution is 2.42. The topological polar surface area (TPSA) is 64.1 Å². The molecule has 5 nitrogen and oxygen atoms in total. The van der Waals surface area contributed by atoms with Crippen LogP contribution in [0.25, 0.3) is 20.9 Å². The molecule has 22 heavy (non-hydrogen) atoms. The van der Waals surface area contributed by atoms with E-state index in [1.54, 1.807) is 36.1 Å². The van der Waals surface area contributed by atoms with E-state index in [0.29, 0.717) is 5.75 Å². The maximum atomic E-state index is 11.6. The van der Waals surface area contributed by atoms with Crippen LogP contribution in [0.5, 0.6) is 5.75 Å². The Kier molecular flexibility index (Phi) is 4.11. The minimum atomic E-state index is -0.491. The molecule has 0 saturated heterocycles. The normalized spacial score (nSPS) is 10.2. The highest BCUT2D eigenvalue weighted by atomic mass is 32.1. The van der Waals surface area contributed by atoms with E-state index in [0.717, 1.165) is 20.9 Å². The number of thiophene rings is 1. The molecule has 1 amide bonds. The minimum absolute atomic E-state index is 0.491. The van der Waals surface area contributed by atoms with Crippen molar-refractivity contribution < 1.29 is 9.53 Å². The molecule has 0 aromatic carbocycles. The summed E-state index contributed by atoms with van der Waals surface area (Å²) in [6.07, 6.45) is 6.41. The van der Waals surface area contributed by atoms with Gasteiger partial charge in [0.25, 0.3) is 0 Å². The van der Waals surface area contributed by atoms with Gasteiger partial charge >= 0.3 is 6.09 Å². The number of rotatable bonds is 3. The van der Waals surface area contributed by atoms with Gasteiger partial charge in [0.05, 0.1) is 4.88 Å². The number of nitrogens with one attached hydrogen (secondary N) is 1. The van der Waals surface area contributed by atoms with Crippen LogP contribution in [0.2, 0.25) is 0 Å². The molecular formula is C16H13N3O2S. The first-order chi connectivity index (χ1) is 10.8. The van der Waals surface area contributed by atoms with E-state index in [9.17, 15) is 4.79 Å². The predicted molar refractivity (Wildman–Crippen MR) is 85.9 cm³/mol. The van der Waals surface area contributed by atoms with Crippen LogP contribution in [-0.4, -0.2) is 23.1 Å². The van der Waals surface area contributed by atoms with Crippen molar-refractivity contribution in [2.75, 3.05) is 7.05 Å². The van der Waals surface area contributed by atoms with Gasteiger partial charge in [0, 0.05) is 42.8 Å². The van der Waals surface area contributed by atoms with Gasteiger partial charge in [0.15, 0.2) is 5.75 Å². The average Bonchev–Trinajstić information content (AvgIpc) is 3.00. The molecule has 0 bridgehead atoms. The Hall–Kier alpha value is -2.73. The first kappa shape index (κ1) is 14.2. The van der Waals surface area contributed by atoms with Crippen LogP contribution in [0.4, 0.5) is 4.79 Å². The van der Waals surface area contributed by atoms with Crippen LogP contribution in [0, 0.1) is 0 Å². The fourth-order valence-electron chi connectivity index (χ4n) is 1.96. The largest absolute Gasteiger partial charge is 0.412 e. The van der Waals surface area contributed by atoms with E-state index in [4.69, 9.17) is 4.74 Å². The third-order valence-electron chi connectivity index (χ3n) is 3.01. The molecule has 1 N–H and O–H groups in total. The lowest BCUT2D eigenvalue weighted by Crippen LogP contribution is -2.22. The summed E-state index contributed by atoms with van der Waals surface area (Å²) in [7, 11) is 1.53. The van der Waals surface area contributed by atoms with Crippen molar-refractivity contribution in [2.24, 2.45) is 0 Å². The molecule has 3 rings (SSSR count). The van der Waals surface area contributed by atoms with Crippen molar-refractivity contribution in [3.05, 3.63) is 55.1 Å². The molecule has 0 fully saturated rings. The SMILES string of the molecule is CNC(=O)Oc1cc(-c2ccncc2)sc1-c1ccncc1. The zero-order valence-corrected chi connectivity index (χ0v) is 12.6. The smallest absolute Gasteiger partial charge is 0.409 e. The molecule has 0 aliphatic heterocycles. The lowest BCUT2D eigenvalue weighted by molar-refractivity contribution is 0.203. The second-order valence-electron chi connectivity index (χ2n) is 4.42. The van der Waals surface area contributed by atoms with Crippen LogP contribution in [0.15, 0.2) is 55.1 Å². The van der Waals surface area contributed by atoms with Crippen molar-refractivity contribution in [1.29, 1.82) is 0 Å². The molecule has 0 aliphatic carbocycles. The minimum Gasteiger partial charge on any atom is -0.409 e. The standard InChI is InChI=1S/C16H13N3O2S/c1-17-16(20)21-13-10-14(11-2-6-18-7-3-11)22-15(13)12-4-8-19-9-5-12/h2-10H,1H3,(H,17,20). The number of carbonyl (C=O) groups is 1. The maximum absolute atomic E-state index is 11.6. The number of amides is 1. The molecule has 0 saturated carbocycles. The third-order valence-corrected chi connectivity index (χ3v) is 4.23. The first-order valence-corrected chi connectivity index (χ1v) is 7.44. The number of hydrogen-bond acceptors (Lipinski definition) is 5. The molecule has 6 heteroatoms. The lowest BCUT2D eigenvalue weighted by atomic mass is 10.2. The third kappa shape index (κ3) is 2.96. The number of carbonyl (C=O) groups excluding carboxylic acids is 1. The summed E-state index contributed by atoms with van der Waals surface area (Å²) < 4.78 is 5.38. The Morgan fingerprint density at radius 1 is 1.05 bits per heavy atom. The van der Waals surface area contributed by atoms with Crippen LogP contribution >= 0.6 is 11.3 Å². The van der Waals surface area contributed by atoms with Gasteiger partial charge in [-0.2, -0.15) is 0 Å². The van der Waals surface area contributed by atoms with E-state index in [-0.39, 0.29) is 0 Å². The van der Waals surface area contributed by atoms with Crippen molar-refractivity contribution >= 4 is 17.4 Å². The van der Waals surface area contributed by atoms with Gasteiger partial charge < -0.3 is 10.1 Å². The first-order valence-electron chi connectivity index (χ1n) is 6.62. The highest BCUT2D eigenvalue weighted by Gasteiger charge is 2.16. The molecule has 110 valence electrons. The Labute approximate surface area is 131 Å². The van der Waals surface area contributed by atoms with Gasteiger partial charge in [0.2, 0.25) is 0 Å². The Bertz CT molecular complexity index is 773. The Morgan fingerprint density at radius 3 is 2.23 bits per heavy atom. The van der Waals surface area contributed by atoms with Gasteiger partial charge in [0.1, 0.15) is 0 Å². The van der Waals surface area contributed by atoms with E-state index < -0.39 is 6.09 Å². The summed E-state index contributed by atoms with van der Waals surface area (Å²) in [5.74, 6) is 0.530. The van der Waals surface area contributed by atoms with Crippen LogP contribution in [-0.2, 0) is 0 Å². The molecule has 0 unspecified atom stereocenters. The molecule has 3 heterocycles. The van der Waals surface area contributed by atoms with Crippen LogP contribution < -0.4 is 10.1 Å². The van der Waals surface area contributed by atoms with E-state index >= 15 is 0 Å². The Morgan fingerprint density at radius 2 is 1.64 bits per heavy atom. The predicted octanol–water partition coefficient (Wildman–Crippen LogP) is 3.59. The van der Waals surface area contributed by atoms with Crippen molar-refractivity contribution in [3.8, 4) is 26.6 Å². The summed E-state index contributed by atoms with van der Waals surface area (Å²) in [5.41, 5.74) is 1.99. The molecule has 0 aliphatic rings. The van der Waals surface area contributed by atoms with E-state index in [1.807, 2.05) is 30.3 Å². The van der Waals surface area contributed by atoms with Crippen molar-refractivity contribution in [1.82, 2.24) is 15.3 Å². The molecule has 0 radical (unpaired) electrons. The van der Waals surface area contributed by atoms with Gasteiger partial charge in [-0.15, -0.1) is 11.3 Å². The van der Waals surface area contributed by atoms with E-state index in [2.05, 4.69) is 15.3 Å². The number of nitrogens with zero attached hydrogens (tertiary/aromatic N) is 2. The highest BCUT2D eigenvalue weighted by molar-refractivity contribution is 7.19. The summed E-state index contributed by atoms with van der Waals surface area (Å²) in [6.45, 7) is 0. The van der Waals surface area contributed by atoms with Gasteiger partial charge in [-0.05, 0) is 35.4 Å². The number of pyridine rings is 2. The summed E-state index contributed by atoms with van der Waals surface area (Å²) in [6, 6.07) is 9.49. The Balaban J connectivity index is 2.07. The summed E-state index contributed by atoms with van der Waals surface area (Å²) in [5, 5.41) is 2.46. The average molecular weight is 311 g/mol. The fraction of sp³-hybridized carbons (Fsp3) is 0.0625.